The Balaban J connectivity index is 0.00000420. The topological polar surface area (TPSA) is 83.0 Å². The van der Waals surface area contributed by atoms with E-state index >= 15 is 0 Å². The van der Waals surface area contributed by atoms with Crippen LogP contribution in [-0.4, -0.2) is 73.9 Å². The molecule has 1 aliphatic rings. The molecule has 0 bridgehead atoms. The highest BCUT2D eigenvalue weighted by Gasteiger charge is 2.31. The normalized spacial score (nSPS) is 16.3. The Kier molecular flexibility index (Phi) is 11.1. The van der Waals surface area contributed by atoms with Gasteiger partial charge in [0.25, 0.3) is 5.91 Å². The number of halogens is 1. The predicted molar refractivity (Wildman–Crippen MR) is 161 cm³/mol. The molecule has 39 heavy (non-hydrogen) atoms. The number of amides is 1. The van der Waals surface area contributed by atoms with E-state index in [9.17, 15) is 13.2 Å². The van der Waals surface area contributed by atoms with Gasteiger partial charge in [-0.15, -0.1) is 12.4 Å². The molecule has 2 heterocycles. The van der Waals surface area contributed by atoms with E-state index in [2.05, 4.69) is 18.7 Å². The van der Waals surface area contributed by atoms with Gasteiger partial charge in [0, 0.05) is 31.2 Å². The summed E-state index contributed by atoms with van der Waals surface area (Å²) < 4.78 is 34.7. The third-order valence-corrected chi connectivity index (χ3v) is 10.2. The molecule has 1 fully saturated rings. The number of rotatable bonds is 11. The molecular weight excluding hydrogens is 556 g/mol. The maximum atomic E-state index is 13.8. The van der Waals surface area contributed by atoms with Crippen LogP contribution in [0.3, 0.4) is 0 Å². The fraction of sp³-hybridized carbons (Fsp3) is 0.500. The number of carbonyl (C=O) groups is 1. The number of nitrogens with zero attached hydrogens (tertiary/aromatic N) is 4. The minimum Gasteiger partial charge on any atom is -0.494 e. The molecule has 1 aliphatic heterocycles. The fourth-order valence-electron chi connectivity index (χ4n) is 4.82. The lowest BCUT2D eigenvalue weighted by Gasteiger charge is -2.32. The van der Waals surface area contributed by atoms with Gasteiger partial charge in [-0.1, -0.05) is 31.6 Å². The van der Waals surface area contributed by atoms with Gasteiger partial charge in [0.05, 0.1) is 21.7 Å². The molecule has 0 N–H and O–H groups in total. The van der Waals surface area contributed by atoms with Gasteiger partial charge in [-0.3, -0.25) is 9.69 Å². The van der Waals surface area contributed by atoms with Crippen LogP contribution in [0.4, 0.5) is 5.13 Å². The maximum absolute atomic E-state index is 13.8. The van der Waals surface area contributed by atoms with E-state index in [4.69, 9.17) is 9.72 Å². The summed E-state index contributed by atoms with van der Waals surface area (Å²) in [6, 6.07) is 12.1. The minimum atomic E-state index is -3.60. The van der Waals surface area contributed by atoms with Gasteiger partial charge >= 0.3 is 0 Å². The van der Waals surface area contributed by atoms with Crippen LogP contribution in [0, 0.1) is 0 Å². The lowest BCUT2D eigenvalue weighted by atomic mass is 10.1. The predicted octanol–water partition coefficient (Wildman–Crippen LogP) is 5.67. The summed E-state index contributed by atoms with van der Waals surface area (Å²) in [5, 5.41) is 0.615. The van der Waals surface area contributed by atoms with Gasteiger partial charge in [-0.2, -0.15) is 4.31 Å². The van der Waals surface area contributed by atoms with E-state index in [-0.39, 0.29) is 29.3 Å². The Morgan fingerprint density at radius 1 is 1.08 bits per heavy atom. The minimum absolute atomic E-state index is 0. The smallest absolute Gasteiger partial charge is 0.260 e. The van der Waals surface area contributed by atoms with Crippen LogP contribution in [0.2, 0.25) is 0 Å². The fourth-order valence-corrected chi connectivity index (χ4v) is 7.54. The van der Waals surface area contributed by atoms with Gasteiger partial charge in [-0.05, 0) is 82.2 Å². The number of thiazole rings is 1. The quantitative estimate of drug-likeness (QED) is 0.284. The molecule has 214 valence electrons. The summed E-state index contributed by atoms with van der Waals surface area (Å²) in [7, 11) is -3.60. The number of fused-ring (bicyclic) bond motifs is 1. The summed E-state index contributed by atoms with van der Waals surface area (Å²) >= 11 is 1.45. The lowest BCUT2D eigenvalue weighted by Crippen LogP contribution is -2.42. The number of benzene rings is 2. The third-order valence-electron chi connectivity index (χ3n) is 7.12. The summed E-state index contributed by atoms with van der Waals surface area (Å²) in [6.45, 7) is 12.2. The van der Waals surface area contributed by atoms with Gasteiger partial charge in [-0.25, -0.2) is 13.4 Å². The van der Waals surface area contributed by atoms with E-state index in [0.717, 1.165) is 48.3 Å². The Morgan fingerprint density at radius 2 is 1.79 bits per heavy atom. The monoisotopic (exact) mass is 594 g/mol. The van der Waals surface area contributed by atoms with Crippen LogP contribution >= 0.6 is 23.7 Å². The van der Waals surface area contributed by atoms with Gasteiger partial charge in [0.15, 0.2) is 5.13 Å². The van der Waals surface area contributed by atoms with Crippen LogP contribution in [-0.2, 0) is 10.0 Å². The molecule has 8 nitrogen and oxygen atoms in total. The first-order valence-electron chi connectivity index (χ1n) is 13.5. The number of carbonyl (C=O) groups excluding carboxylic acids is 1. The molecule has 1 saturated heterocycles. The second-order valence-corrected chi connectivity index (χ2v) is 12.4. The number of likely N-dealkylation sites (N-methyl/N-ethyl adjacent to an activating group) is 1. The number of hydrogen-bond acceptors (Lipinski definition) is 7. The van der Waals surface area contributed by atoms with Crippen LogP contribution < -0.4 is 9.64 Å². The number of anilines is 1. The first kappa shape index (κ1) is 31.3. The van der Waals surface area contributed by atoms with Crippen molar-refractivity contribution in [3.63, 3.8) is 0 Å². The van der Waals surface area contributed by atoms with Crippen molar-refractivity contribution >= 4 is 55.0 Å². The Hall–Kier alpha value is -2.24. The van der Waals surface area contributed by atoms with E-state index in [1.54, 1.807) is 33.5 Å². The highest BCUT2D eigenvalue weighted by Crippen LogP contribution is 2.33. The average molecular weight is 595 g/mol. The summed E-state index contributed by atoms with van der Waals surface area (Å²) in [4.78, 5) is 22.7. The molecular formula is C28H39ClN4O4S2. The zero-order valence-electron chi connectivity index (χ0n) is 23.1. The molecule has 0 radical (unpaired) electrons. The van der Waals surface area contributed by atoms with Crippen molar-refractivity contribution in [1.29, 1.82) is 0 Å². The maximum Gasteiger partial charge on any atom is 0.260 e. The van der Waals surface area contributed by atoms with E-state index in [0.29, 0.717) is 36.9 Å². The number of sulfonamides is 1. The van der Waals surface area contributed by atoms with Crippen molar-refractivity contribution in [3.8, 4) is 5.75 Å². The number of hydrogen-bond donors (Lipinski definition) is 0. The van der Waals surface area contributed by atoms with Gasteiger partial charge in [0.1, 0.15) is 5.75 Å². The van der Waals surface area contributed by atoms with Crippen LogP contribution in [0.5, 0.6) is 5.75 Å². The van der Waals surface area contributed by atoms with Crippen LogP contribution in [0.15, 0.2) is 47.4 Å². The summed E-state index contributed by atoms with van der Waals surface area (Å²) in [5.74, 6) is 0.576. The SMILES string of the molecule is CCOc1ccc2nc(N(CCN(CC)CC)C(=O)c3ccc(S(=O)(=O)N4CCCCC4C)cc3)sc2c1.Cl. The van der Waals surface area contributed by atoms with Crippen molar-refractivity contribution in [3.05, 3.63) is 48.0 Å². The second-order valence-electron chi connectivity index (χ2n) is 9.53. The van der Waals surface area contributed by atoms with E-state index in [1.165, 1.54) is 11.3 Å². The van der Waals surface area contributed by atoms with Crippen LogP contribution in [0.1, 0.15) is 57.3 Å². The van der Waals surface area contributed by atoms with Crippen molar-refractivity contribution in [1.82, 2.24) is 14.2 Å². The number of ether oxygens (including phenoxy) is 1. The lowest BCUT2D eigenvalue weighted by molar-refractivity contribution is 0.0983. The molecule has 4 rings (SSSR count). The second kappa shape index (κ2) is 13.9. The third kappa shape index (κ3) is 7.10. The summed E-state index contributed by atoms with van der Waals surface area (Å²) in [5.41, 5.74) is 1.25. The van der Waals surface area contributed by atoms with Gasteiger partial charge < -0.3 is 9.64 Å². The largest absolute Gasteiger partial charge is 0.494 e. The standard InChI is InChI=1S/C28H38N4O4S2.ClH/c1-5-30(6-2)18-19-31(28-29-25-16-13-23(36-7-3)20-26(25)37-28)27(33)22-11-14-24(15-12-22)38(34,35)32-17-9-8-10-21(32)4;/h11-16,20-21H,5-10,17-19H2,1-4H3;1H. The molecule has 2 aromatic carbocycles. The number of piperidine rings is 1. The van der Waals surface area contributed by atoms with E-state index in [1.807, 2.05) is 32.0 Å². The molecule has 3 aromatic rings. The van der Waals surface area contributed by atoms with Gasteiger partial charge in [0.2, 0.25) is 10.0 Å². The van der Waals surface area contributed by atoms with Crippen molar-refractivity contribution in [2.24, 2.45) is 0 Å². The molecule has 11 heteroatoms. The Labute approximate surface area is 242 Å². The molecule has 0 aliphatic carbocycles. The first-order chi connectivity index (χ1) is 18.3. The zero-order valence-corrected chi connectivity index (χ0v) is 25.6. The zero-order chi connectivity index (χ0) is 27.3. The molecule has 1 unspecified atom stereocenters. The Morgan fingerprint density at radius 3 is 2.44 bits per heavy atom. The average Bonchev–Trinajstić information content (AvgIpc) is 3.34. The highest BCUT2D eigenvalue weighted by atomic mass is 35.5. The molecule has 1 atom stereocenters. The van der Waals surface area contributed by atoms with Crippen LogP contribution in [0.25, 0.3) is 10.2 Å². The molecule has 1 amide bonds. The molecule has 0 saturated carbocycles. The van der Waals surface area contributed by atoms with Crippen molar-refractivity contribution in [2.75, 3.05) is 44.2 Å². The number of aromatic nitrogens is 1. The Bertz CT molecular complexity index is 1340. The molecule has 0 spiro atoms. The van der Waals surface area contributed by atoms with Crippen molar-refractivity contribution < 1.29 is 17.9 Å². The first-order valence-corrected chi connectivity index (χ1v) is 15.7. The van der Waals surface area contributed by atoms with Crippen molar-refractivity contribution in [2.45, 2.75) is 57.9 Å². The molecule has 1 aromatic heterocycles. The summed E-state index contributed by atoms with van der Waals surface area (Å²) in [6.07, 6.45) is 2.78. The van der Waals surface area contributed by atoms with E-state index < -0.39 is 10.0 Å². The highest BCUT2D eigenvalue weighted by molar-refractivity contribution is 7.89.